The van der Waals surface area contributed by atoms with Gasteiger partial charge in [-0.1, -0.05) is 54.1 Å². The third kappa shape index (κ3) is 5.05. The molecule has 0 unspecified atom stereocenters. The van der Waals surface area contributed by atoms with Crippen LogP contribution in [0.15, 0.2) is 88.3 Å². The quantitative estimate of drug-likeness (QED) is 0.445. The number of carbonyl (C=O) groups is 1. The molecule has 4 aromatic rings. The Hall–Kier alpha value is -3.77. The Balaban J connectivity index is 1.42. The molecule has 6 nitrogen and oxygen atoms in total. The van der Waals surface area contributed by atoms with Crippen LogP contribution in [-0.4, -0.2) is 12.5 Å². The molecule has 1 N–H and O–H groups in total. The van der Waals surface area contributed by atoms with E-state index in [-0.39, 0.29) is 23.7 Å². The number of rotatable bonds is 7. The first-order valence-electron chi connectivity index (χ1n) is 9.51. The van der Waals surface area contributed by atoms with E-state index < -0.39 is 0 Å². The van der Waals surface area contributed by atoms with Gasteiger partial charge in [0.25, 0.3) is 5.91 Å². The Bertz CT molecular complexity index is 1270. The van der Waals surface area contributed by atoms with Gasteiger partial charge in [-0.05, 0) is 29.8 Å². The van der Waals surface area contributed by atoms with Crippen molar-refractivity contribution in [3.63, 3.8) is 0 Å². The first-order chi connectivity index (χ1) is 15.1. The molecule has 0 saturated heterocycles. The number of ether oxygens (including phenoxy) is 2. The molecular formula is C24H18ClNO5. The Morgan fingerprint density at radius 1 is 0.968 bits per heavy atom. The molecule has 0 spiro atoms. The van der Waals surface area contributed by atoms with Crippen molar-refractivity contribution >= 4 is 28.5 Å². The number of carbonyl (C=O) groups excluding carboxylic acids is 1. The molecule has 156 valence electrons. The number of hydrogen-bond acceptors (Lipinski definition) is 5. The van der Waals surface area contributed by atoms with Crippen molar-refractivity contribution in [2.45, 2.75) is 6.54 Å². The predicted molar refractivity (Wildman–Crippen MR) is 118 cm³/mol. The van der Waals surface area contributed by atoms with Gasteiger partial charge < -0.3 is 19.2 Å². The summed E-state index contributed by atoms with van der Waals surface area (Å²) >= 11 is 6.08. The van der Waals surface area contributed by atoms with Crippen molar-refractivity contribution in [3.8, 4) is 17.2 Å². The summed E-state index contributed by atoms with van der Waals surface area (Å²) in [7, 11) is 0. The molecule has 0 aliphatic carbocycles. The maximum absolute atomic E-state index is 12.7. The van der Waals surface area contributed by atoms with E-state index in [4.69, 9.17) is 25.5 Å². The summed E-state index contributed by atoms with van der Waals surface area (Å²) in [4.78, 5) is 24.7. The van der Waals surface area contributed by atoms with Crippen LogP contribution in [0.2, 0.25) is 5.02 Å². The van der Waals surface area contributed by atoms with Crippen LogP contribution < -0.4 is 20.2 Å². The Morgan fingerprint density at radius 3 is 2.55 bits per heavy atom. The average molecular weight is 436 g/mol. The highest BCUT2D eigenvalue weighted by Crippen LogP contribution is 2.28. The molecule has 7 heteroatoms. The van der Waals surface area contributed by atoms with Gasteiger partial charge in [0.2, 0.25) is 11.2 Å². The van der Waals surface area contributed by atoms with Crippen LogP contribution in [0, 0.1) is 0 Å². The van der Waals surface area contributed by atoms with Crippen molar-refractivity contribution in [2.75, 3.05) is 6.61 Å². The molecule has 0 aliphatic rings. The van der Waals surface area contributed by atoms with Crippen LogP contribution in [-0.2, 0) is 11.3 Å². The minimum absolute atomic E-state index is 0.0227. The third-order valence-corrected chi connectivity index (χ3v) is 4.79. The van der Waals surface area contributed by atoms with E-state index in [0.29, 0.717) is 34.0 Å². The summed E-state index contributed by atoms with van der Waals surface area (Å²) in [6.07, 6.45) is 1.23. The molecule has 0 aliphatic heterocycles. The molecule has 4 rings (SSSR count). The minimum atomic E-state index is -0.340. The lowest BCUT2D eigenvalue weighted by atomic mass is 10.2. The molecule has 0 saturated carbocycles. The van der Waals surface area contributed by atoms with Gasteiger partial charge in [0.05, 0.1) is 10.4 Å². The van der Waals surface area contributed by atoms with Crippen molar-refractivity contribution in [1.82, 2.24) is 5.32 Å². The van der Waals surface area contributed by atoms with Gasteiger partial charge in [0.1, 0.15) is 23.3 Å². The monoisotopic (exact) mass is 435 g/mol. The highest BCUT2D eigenvalue weighted by Gasteiger charge is 2.12. The van der Waals surface area contributed by atoms with Gasteiger partial charge in [-0.3, -0.25) is 9.59 Å². The SMILES string of the molecule is O=C(COc1ccc2c(=O)c(Oc3ccccc3Cl)coc2c1)NCc1ccccc1. The van der Waals surface area contributed by atoms with Gasteiger partial charge in [0.15, 0.2) is 6.61 Å². The number of benzene rings is 3. The molecule has 0 radical (unpaired) electrons. The number of halogens is 1. The maximum Gasteiger partial charge on any atom is 0.258 e. The zero-order chi connectivity index (χ0) is 21.6. The number of nitrogens with one attached hydrogen (secondary N) is 1. The van der Waals surface area contributed by atoms with Crippen molar-refractivity contribution in [2.24, 2.45) is 0 Å². The number of amides is 1. The lowest BCUT2D eigenvalue weighted by Gasteiger charge is -2.09. The Labute approximate surface area is 183 Å². The fourth-order valence-electron chi connectivity index (χ4n) is 2.89. The van der Waals surface area contributed by atoms with Gasteiger partial charge >= 0.3 is 0 Å². The van der Waals surface area contributed by atoms with Gasteiger partial charge in [-0.15, -0.1) is 0 Å². The second-order valence-corrected chi connectivity index (χ2v) is 7.08. The van der Waals surface area contributed by atoms with E-state index in [0.717, 1.165) is 5.56 Å². The third-order valence-electron chi connectivity index (χ3n) is 4.47. The average Bonchev–Trinajstić information content (AvgIpc) is 2.80. The van der Waals surface area contributed by atoms with Crippen molar-refractivity contribution in [3.05, 3.63) is 99.9 Å². The zero-order valence-corrected chi connectivity index (χ0v) is 17.1. The van der Waals surface area contributed by atoms with E-state index in [2.05, 4.69) is 5.32 Å². The number of para-hydroxylation sites is 1. The highest BCUT2D eigenvalue weighted by atomic mass is 35.5. The minimum Gasteiger partial charge on any atom is -0.484 e. The van der Waals surface area contributed by atoms with Gasteiger partial charge in [-0.25, -0.2) is 0 Å². The van der Waals surface area contributed by atoms with E-state index in [1.54, 1.807) is 42.5 Å². The Kier molecular flexibility index (Phi) is 6.19. The standard InChI is InChI=1S/C24H18ClNO5/c25-19-8-4-5-9-20(19)31-22-14-30-21-12-17(10-11-18(21)24(22)28)29-15-23(27)26-13-16-6-2-1-3-7-16/h1-12,14H,13,15H2,(H,26,27). The highest BCUT2D eigenvalue weighted by molar-refractivity contribution is 6.32. The molecule has 0 atom stereocenters. The molecule has 3 aromatic carbocycles. The van der Waals surface area contributed by atoms with Crippen LogP contribution in [0.1, 0.15) is 5.56 Å². The molecule has 1 heterocycles. The van der Waals surface area contributed by atoms with Crippen molar-refractivity contribution < 1.29 is 18.7 Å². The van der Waals surface area contributed by atoms with E-state index in [9.17, 15) is 9.59 Å². The van der Waals surface area contributed by atoms with Gasteiger partial charge in [-0.2, -0.15) is 0 Å². The number of fused-ring (bicyclic) bond motifs is 1. The van der Waals surface area contributed by atoms with E-state index >= 15 is 0 Å². The summed E-state index contributed by atoms with van der Waals surface area (Å²) in [6, 6.07) is 21.2. The fourth-order valence-corrected chi connectivity index (χ4v) is 3.07. The summed E-state index contributed by atoms with van der Waals surface area (Å²) in [6.45, 7) is 0.264. The first-order valence-corrected chi connectivity index (χ1v) is 9.89. The molecular weight excluding hydrogens is 418 g/mol. The van der Waals surface area contributed by atoms with Crippen LogP contribution in [0.25, 0.3) is 11.0 Å². The molecule has 0 bridgehead atoms. The second-order valence-electron chi connectivity index (χ2n) is 6.67. The summed E-state index contributed by atoms with van der Waals surface area (Å²) in [5.74, 6) is 0.533. The molecule has 0 fully saturated rings. The van der Waals surface area contributed by atoms with Crippen molar-refractivity contribution in [1.29, 1.82) is 0 Å². The normalized spacial score (nSPS) is 10.6. The summed E-state index contributed by atoms with van der Waals surface area (Å²) in [5, 5.41) is 3.50. The molecule has 1 amide bonds. The fraction of sp³-hybridized carbons (Fsp3) is 0.0833. The number of hydrogen-bond donors (Lipinski definition) is 1. The first kappa shape index (κ1) is 20.5. The second kappa shape index (κ2) is 9.36. The topological polar surface area (TPSA) is 77.8 Å². The van der Waals surface area contributed by atoms with Gasteiger partial charge in [0, 0.05) is 12.6 Å². The lowest BCUT2D eigenvalue weighted by molar-refractivity contribution is -0.123. The Morgan fingerprint density at radius 2 is 1.74 bits per heavy atom. The van der Waals surface area contributed by atoms with Crippen LogP contribution in [0.5, 0.6) is 17.2 Å². The largest absolute Gasteiger partial charge is 0.484 e. The van der Waals surface area contributed by atoms with Crippen LogP contribution >= 0.6 is 11.6 Å². The molecule has 31 heavy (non-hydrogen) atoms. The van der Waals surface area contributed by atoms with Crippen LogP contribution in [0.3, 0.4) is 0 Å². The summed E-state index contributed by atoms with van der Waals surface area (Å²) in [5.41, 5.74) is 0.977. The zero-order valence-electron chi connectivity index (χ0n) is 16.3. The van der Waals surface area contributed by atoms with E-state index in [1.165, 1.54) is 6.26 Å². The predicted octanol–water partition coefficient (Wildman–Crippen LogP) is 4.93. The maximum atomic E-state index is 12.7. The van der Waals surface area contributed by atoms with E-state index in [1.807, 2.05) is 30.3 Å². The molecule has 1 aromatic heterocycles. The smallest absolute Gasteiger partial charge is 0.258 e. The van der Waals surface area contributed by atoms with Crippen LogP contribution in [0.4, 0.5) is 0 Å². The lowest BCUT2D eigenvalue weighted by Crippen LogP contribution is -2.28. The summed E-state index contributed by atoms with van der Waals surface area (Å²) < 4.78 is 16.7.